The first kappa shape index (κ1) is 28.8. The van der Waals surface area contributed by atoms with Crippen molar-refractivity contribution in [2.24, 2.45) is 7.05 Å². The Morgan fingerprint density at radius 3 is 2.46 bits per heavy atom. The highest BCUT2D eigenvalue weighted by Gasteiger charge is 2.38. The molecule has 3 aromatic rings. The molecule has 3 heterocycles. The number of hydrogen-bond acceptors (Lipinski definition) is 9. The second-order valence-electron chi connectivity index (χ2n) is 7.97. The predicted octanol–water partition coefficient (Wildman–Crippen LogP) is 1.87. The third-order valence-electron chi connectivity index (χ3n) is 5.47. The van der Waals surface area contributed by atoms with Crippen molar-refractivity contribution in [1.29, 1.82) is 5.26 Å². The smallest absolute Gasteiger partial charge is 0.490 e. The summed E-state index contributed by atoms with van der Waals surface area (Å²) >= 11 is 0. The van der Waals surface area contributed by atoms with Crippen LogP contribution in [0.4, 0.5) is 19.1 Å². The van der Waals surface area contributed by atoms with Gasteiger partial charge in [-0.2, -0.15) is 28.4 Å². The van der Waals surface area contributed by atoms with Gasteiger partial charge < -0.3 is 24.8 Å². The molecule has 2 N–H and O–H groups in total. The number of carboxylic acids is 1. The number of aliphatic carboxylic acids is 1. The van der Waals surface area contributed by atoms with Gasteiger partial charge in [-0.15, -0.1) is 5.92 Å². The quantitative estimate of drug-likeness (QED) is 0.454. The molecule has 2 aromatic heterocycles. The van der Waals surface area contributed by atoms with Gasteiger partial charge in [-0.25, -0.2) is 4.79 Å². The molecule has 4 rings (SSSR count). The van der Waals surface area contributed by atoms with Gasteiger partial charge >= 0.3 is 18.2 Å². The van der Waals surface area contributed by atoms with Gasteiger partial charge in [0, 0.05) is 39.3 Å². The highest BCUT2D eigenvalue weighted by Crippen LogP contribution is 2.32. The molecule has 0 unspecified atom stereocenters. The van der Waals surface area contributed by atoms with E-state index in [1.165, 1.54) is 11.7 Å². The maximum absolute atomic E-state index is 13.3. The van der Waals surface area contributed by atoms with Crippen LogP contribution in [0.5, 0.6) is 17.5 Å². The fourth-order valence-corrected chi connectivity index (χ4v) is 3.55. The van der Waals surface area contributed by atoms with E-state index in [-0.39, 0.29) is 11.6 Å². The van der Waals surface area contributed by atoms with E-state index in [4.69, 9.17) is 24.6 Å². The van der Waals surface area contributed by atoms with Crippen molar-refractivity contribution in [1.82, 2.24) is 24.4 Å². The van der Waals surface area contributed by atoms with Crippen LogP contribution in [0, 0.1) is 23.2 Å². The van der Waals surface area contributed by atoms with Gasteiger partial charge in [0.15, 0.2) is 22.7 Å². The van der Waals surface area contributed by atoms with Gasteiger partial charge in [0.25, 0.3) is 5.56 Å². The van der Waals surface area contributed by atoms with E-state index in [9.17, 15) is 18.0 Å². The van der Waals surface area contributed by atoms with Crippen molar-refractivity contribution in [3.8, 4) is 35.4 Å². The van der Waals surface area contributed by atoms with Crippen LogP contribution in [0.2, 0.25) is 0 Å². The summed E-state index contributed by atoms with van der Waals surface area (Å²) in [6.07, 6.45) is -5.08. The number of fused-ring (bicyclic) bond motifs is 1. The number of anilines is 1. The molecule has 15 heteroatoms. The minimum Gasteiger partial charge on any atom is -0.493 e. The van der Waals surface area contributed by atoms with Crippen LogP contribution in [0.15, 0.2) is 23.0 Å². The second-order valence-corrected chi connectivity index (χ2v) is 7.97. The van der Waals surface area contributed by atoms with Crippen molar-refractivity contribution < 1.29 is 32.5 Å². The van der Waals surface area contributed by atoms with Crippen LogP contribution in [-0.2, 0) is 18.4 Å². The van der Waals surface area contributed by atoms with Gasteiger partial charge in [0.1, 0.15) is 0 Å². The largest absolute Gasteiger partial charge is 0.493 e. The number of aromatic nitrogens is 4. The van der Waals surface area contributed by atoms with Crippen LogP contribution >= 0.6 is 0 Å². The van der Waals surface area contributed by atoms with Crippen molar-refractivity contribution in [2.75, 3.05) is 38.2 Å². The lowest BCUT2D eigenvalue weighted by molar-refractivity contribution is -0.192. The highest BCUT2D eigenvalue weighted by molar-refractivity contribution is 5.75. The normalized spacial score (nSPS) is 13.0. The van der Waals surface area contributed by atoms with Gasteiger partial charge in [-0.1, -0.05) is 5.92 Å². The van der Waals surface area contributed by atoms with Gasteiger partial charge in [-0.05, 0) is 19.1 Å². The molecule has 1 aromatic carbocycles. The SMILES string of the molecule is CC#CCn1c(N2CCNCC2)nc2nc(Oc3ccc(C#N)cc3OC)n(C)c(=O)c21.O=C(O)C(F)(F)F. The average molecular weight is 547 g/mol. The first-order chi connectivity index (χ1) is 18.5. The predicted molar refractivity (Wildman–Crippen MR) is 133 cm³/mol. The van der Waals surface area contributed by atoms with E-state index in [1.54, 1.807) is 32.2 Å². The zero-order chi connectivity index (χ0) is 28.7. The summed E-state index contributed by atoms with van der Waals surface area (Å²) in [5, 5.41) is 19.5. The summed E-state index contributed by atoms with van der Waals surface area (Å²) in [5.41, 5.74) is 0.817. The molecule has 0 amide bonds. The lowest BCUT2D eigenvalue weighted by Crippen LogP contribution is -2.44. The van der Waals surface area contributed by atoms with Crippen LogP contribution in [0.3, 0.4) is 0 Å². The van der Waals surface area contributed by atoms with Gasteiger partial charge in [0.05, 0.1) is 25.3 Å². The number of benzene rings is 1. The molecule has 1 saturated heterocycles. The number of rotatable bonds is 5. The molecule has 0 aliphatic carbocycles. The molecule has 0 bridgehead atoms. The number of nitrogens with one attached hydrogen (secondary N) is 1. The molecule has 1 fully saturated rings. The van der Waals surface area contributed by atoms with Crippen molar-refractivity contribution >= 4 is 23.1 Å². The second kappa shape index (κ2) is 12.2. The number of nitriles is 1. The Morgan fingerprint density at radius 1 is 1.23 bits per heavy atom. The number of alkyl halides is 3. The standard InChI is InChI=1S/C22H23N7O3.C2HF3O2/c1-4-5-10-29-18-19(25-21(29)28-11-8-24-9-12-28)26-22(27(2)20(18)30)32-16-7-6-15(14-23)13-17(16)31-3;3-2(4,5)1(6)7/h6-7,13,24H,8-12H2,1-3H3;(H,6,7). The maximum atomic E-state index is 13.3. The Morgan fingerprint density at radius 2 is 1.90 bits per heavy atom. The molecule has 206 valence electrons. The monoisotopic (exact) mass is 547 g/mol. The lowest BCUT2D eigenvalue weighted by atomic mass is 10.2. The zero-order valence-corrected chi connectivity index (χ0v) is 21.2. The number of nitrogens with zero attached hydrogens (tertiary/aromatic N) is 6. The molecule has 39 heavy (non-hydrogen) atoms. The Hall–Kier alpha value is -4.76. The molecule has 0 spiro atoms. The minimum atomic E-state index is -5.08. The van der Waals surface area contributed by atoms with Crippen LogP contribution in [0.25, 0.3) is 11.2 Å². The van der Waals surface area contributed by atoms with E-state index in [0.717, 1.165) is 26.2 Å². The number of carboxylic acid groups (broad SMARTS) is 1. The molecule has 1 aliphatic rings. The van der Waals surface area contributed by atoms with Crippen LogP contribution in [0.1, 0.15) is 12.5 Å². The molecule has 12 nitrogen and oxygen atoms in total. The topological polar surface area (TPSA) is 148 Å². The molecule has 0 atom stereocenters. The maximum Gasteiger partial charge on any atom is 0.490 e. The van der Waals surface area contributed by atoms with E-state index in [0.29, 0.717) is 40.7 Å². The van der Waals surface area contributed by atoms with Gasteiger partial charge in [0.2, 0.25) is 5.95 Å². The van der Waals surface area contributed by atoms with Crippen molar-refractivity contribution in [2.45, 2.75) is 19.6 Å². The van der Waals surface area contributed by atoms with Gasteiger partial charge in [-0.3, -0.25) is 13.9 Å². The van der Waals surface area contributed by atoms with E-state index in [1.807, 2.05) is 4.57 Å². The van der Waals surface area contributed by atoms with Crippen molar-refractivity contribution in [3.05, 3.63) is 34.1 Å². The Bertz CT molecular complexity index is 1520. The Balaban J connectivity index is 0.000000532. The molecular formula is C24H24F3N7O5. The molecule has 0 radical (unpaired) electrons. The summed E-state index contributed by atoms with van der Waals surface area (Å²) in [6.45, 7) is 5.32. The number of halogens is 3. The summed E-state index contributed by atoms with van der Waals surface area (Å²) in [7, 11) is 3.07. The number of ether oxygens (including phenoxy) is 2. The number of piperazine rings is 1. The first-order valence-electron chi connectivity index (χ1n) is 11.4. The number of imidazole rings is 1. The number of methoxy groups -OCH3 is 1. The fraction of sp³-hybridized carbons (Fsp3) is 0.375. The summed E-state index contributed by atoms with van der Waals surface area (Å²) in [4.78, 5) is 33.5. The molecule has 1 aliphatic heterocycles. The fourth-order valence-electron chi connectivity index (χ4n) is 3.55. The van der Waals surface area contributed by atoms with E-state index in [2.05, 4.69) is 38.1 Å². The van der Waals surface area contributed by atoms with E-state index < -0.39 is 12.1 Å². The van der Waals surface area contributed by atoms with Crippen LogP contribution < -0.4 is 25.2 Å². The lowest BCUT2D eigenvalue weighted by Gasteiger charge is -2.28. The minimum absolute atomic E-state index is 0.0728. The Kier molecular flexibility index (Phi) is 9.00. The first-order valence-corrected chi connectivity index (χ1v) is 11.4. The highest BCUT2D eigenvalue weighted by atomic mass is 19.4. The van der Waals surface area contributed by atoms with Crippen molar-refractivity contribution in [3.63, 3.8) is 0 Å². The van der Waals surface area contributed by atoms with Crippen LogP contribution in [-0.4, -0.2) is 69.6 Å². The summed E-state index contributed by atoms with van der Waals surface area (Å²) in [5.74, 6) is 4.53. The average Bonchev–Trinajstić information content (AvgIpc) is 3.29. The van der Waals surface area contributed by atoms with E-state index >= 15 is 0 Å². The third kappa shape index (κ3) is 6.58. The molecule has 0 saturated carbocycles. The summed E-state index contributed by atoms with van der Waals surface area (Å²) in [6, 6.07) is 6.90. The Labute approximate surface area is 220 Å². The zero-order valence-electron chi connectivity index (χ0n) is 21.2. The third-order valence-corrected chi connectivity index (χ3v) is 5.47. The summed E-state index contributed by atoms with van der Waals surface area (Å²) < 4.78 is 46.1. The molecular weight excluding hydrogens is 523 g/mol. The number of hydrogen-bond donors (Lipinski definition) is 2. The number of carbonyl (C=O) groups is 1.